The van der Waals surface area contributed by atoms with Gasteiger partial charge < -0.3 is 54.4 Å². The zero-order valence-corrected chi connectivity index (χ0v) is 64.2. The van der Waals surface area contributed by atoms with Gasteiger partial charge in [0.2, 0.25) is 0 Å². The van der Waals surface area contributed by atoms with Crippen LogP contribution in [0.1, 0.15) is 267 Å². The monoisotopic (exact) mass is 1270 g/mol. The van der Waals surface area contributed by atoms with Crippen molar-refractivity contribution in [1.29, 1.82) is 0 Å². The summed E-state index contributed by atoms with van der Waals surface area (Å²) in [5, 5.41) is 12.3. The molecule has 9 heterocycles. The number of ether oxygens (including phenoxy) is 1. The van der Waals surface area contributed by atoms with Gasteiger partial charge in [0, 0.05) is 57.4 Å². The lowest BCUT2D eigenvalue weighted by Crippen LogP contribution is -2.41. The molecule has 0 bridgehead atoms. The van der Waals surface area contributed by atoms with Crippen molar-refractivity contribution >= 4 is 0 Å². The van der Waals surface area contributed by atoms with Gasteiger partial charge in [-0.2, -0.15) is 0 Å². The van der Waals surface area contributed by atoms with Crippen LogP contribution in [0.4, 0.5) is 4.39 Å². The van der Waals surface area contributed by atoms with Crippen molar-refractivity contribution in [1.82, 2.24) is 44.5 Å². The number of nitrogens with one attached hydrogen (secondary N) is 1. The minimum atomic E-state index is -0.557. The van der Waals surface area contributed by atoms with E-state index in [4.69, 9.17) is 9.84 Å². The van der Waals surface area contributed by atoms with Gasteiger partial charge in [0.1, 0.15) is 6.17 Å². The number of hydrogen-bond donors (Lipinski definition) is 2. The second-order valence-electron chi connectivity index (χ2n) is 31.8. The Hall–Kier alpha value is -0.510. The number of halogens is 1. The normalized spacial score (nSPS) is 22.6. The predicted molar refractivity (Wildman–Crippen MR) is 393 cm³/mol. The Labute approximate surface area is 558 Å². The van der Waals surface area contributed by atoms with E-state index in [2.05, 4.69) is 169 Å². The molecule has 0 aromatic rings. The van der Waals surface area contributed by atoms with Gasteiger partial charge in [0.25, 0.3) is 0 Å². The number of hydrogen-bond acceptors (Lipinski definition) is 11. The van der Waals surface area contributed by atoms with Crippen molar-refractivity contribution in [3.63, 3.8) is 0 Å². The first-order valence-corrected chi connectivity index (χ1v) is 38.7. The molecule has 9 rings (SSSR count). The number of piperidine rings is 3. The molecule has 9 fully saturated rings. The maximum Gasteiger partial charge on any atom is 0.114 e. The number of alkyl halides is 1. The topological polar surface area (TPSA) is 67.4 Å². The van der Waals surface area contributed by atoms with Crippen LogP contribution in [0.3, 0.4) is 0 Å². The lowest BCUT2D eigenvalue weighted by atomic mass is 9.96. The third-order valence-corrected chi connectivity index (χ3v) is 18.5. The number of aliphatic hydroxyl groups is 1. The van der Waals surface area contributed by atoms with Crippen LogP contribution in [0.15, 0.2) is 0 Å². The van der Waals surface area contributed by atoms with Crippen LogP contribution in [0.5, 0.6) is 0 Å². The standard InChI is InChI=1S/C10H21N.C9H19N.C8H16FN.2C8H17N.3C7H15N.C7H16O2.C6H13N/c1-10(2)6-9-11-7-4-3-5-8-11;1-9(2)8-10-6-4-3-5-7-10;1-7(2)5-10-4-3-8(9)6-10;1-8(2)7-9-5-3-4-6-9;1-8(2)9-6-4-3-5-7-9;1-6(2)7-3-4-8-5-7;1-7(2)6-8-4-3-5-8;1-7(2)8-5-3-4-6-8;1-4-7(8)5-9-6(2)3;1-6(2)7-4-3-5-7/h10H,3-9H2,1-2H3;9H,3-8H2,1-2H3;7-8H,3-6H2,1-2H3;2*8H,3-7H2,1-2H3;6-8H,3-5H2,1-2H3;2*7H,3-6H2,1-2H3;6-8H,4-5H2,1-3H3;6H,3-5H2,1-2H3. The van der Waals surface area contributed by atoms with Crippen molar-refractivity contribution in [2.45, 2.75) is 304 Å². The Kier molecular flexibility index (Phi) is 56.3. The highest BCUT2D eigenvalue weighted by Gasteiger charge is 2.22. The smallest absolute Gasteiger partial charge is 0.114 e. The minimum absolute atomic E-state index is 0.228. The van der Waals surface area contributed by atoms with Crippen LogP contribution in [0.25, 0.3) is 0 Å². The SMILES string of the molecule is CC(C)C1CCNC1.CC(C)CCN1CCCCC1.CC(C)CN1CCC(F)C1.CC(C)CN1CCC1.CC(C)CN1CCCC1.CC(C)CN1CCCCC1.CC(C)N1CCC1.CC(C)N1CCCC1.CC(C)N1CCCCC1.CCC(O)COC(C)C. The highest BCUT2D eigenvalue weighted by Crippen LogP contribution is 2.18. The highest BCUT2D eigenvalue weighted by molar-refractivity contribution is 4.77. The van der Waals surface area contributed by atoms with Crippen LogP contribution < -0.4 is 5.32 Å². The van der Waals surface area contributed by atoms with Gasteiger partial charge in [-0.25, -0.2) is 4.39 Å². The van der Waals surface area contributed by atoms with E-state index >= 15 is 0 Å². The zero-order chi connectivity index (χ0) is 66.9. The molecule has 9 aliphatic rings. The molecule has 536 valence electrons. The average molecular weight is 1270 g/mol. The number of likely N-dealkylation sites (tertiary alicyclic amines) is 8. The van der Waals surface area contributed by atoms with Gasteiger partial charge in [-0.1, -0.05) is 109 Å². The molecule has 0 aliphatic carbocycles. The Balaban J connectivity index is 0.000000969. The summed E-state index contributed by atoms with van der Waals surface area (Å²) in [7, 11) is 0. The maximum absolute atomic E-state index is 12.6. The van der Waals surface area contributed by atoms with Crippen molar-refractivity contribution < 1.29 is 14.2 Å². The molecule has 9 aliphatic heterocycles. The molecule has 0 aromatic carbocycles. The molecule has 0 spiro atoms. The molecule has 9 saturated heterocycles. The predicted octanol–water partition coefficient (Wildman–Crippen LogP) is 16.3. The van der Waals surface area contributed by atoms with E-state index in [1.165, 1.54) is 240 Å². The first kappa shape index (κ1) is 88.5. The molecule has 0 radical (unpaired) electrons. The fourth-order valence-corrected chi connectivity index (χ4v) is 12.5. The lowest BCUT2D eigenvalue weighted by Gasteiger charge is -2.34. The Bertz CT molecular complexity index is 1430. The summed E-state index contributed by atoms with van der Waals surface area (Å²) in [4.78, 5) is 20.0. The lowest BCUT2D eigenvalue weighted by molar-refractivity contribution is 0.00464. The van der Waals surface area contributed by atoms with Gasteiger partial charge >= 0.3 is 0 Å². The van der Waals surface area contributed by atoms with Crippen molar-refractivity contribution in [3.8, 4) is 0 Å². The summed E-state index contributed by atoms with van der Waals surface area (Å²) in [6.45, 7) is 76.4. The summed E-state index contributed by atoms with van der Waals surface area (Å²) in [5.41, 5.74) is 0. The second kappa shape index (κ2) is 56.6. The van der Waals surface area contributed by atoms with Crippen LogP contribution >= 0.6 is 0 Å². The van der Waals surface area contributed by atoms with Crippen molar-refractivity contribution in [2.24, 2.45) is 41.4 Å². The van der Waals surface area contributed by atoms with Crippen LogP contribution in [0.2, 0.25) is 0 Å². The largest absolute Gasteiger partial charge is 0.391 e. The third kappa shape index (κ3) is 53.3. The first-order chi connectivity index (χ1) is 42.2. The molecule has 89 heavy (non-hydrogen) atoms. The van der Waals surface area contributed by atoms with Gasteiger partial charge in [0.15, 0.2) is 0 Å². The summed E-state index contributed by atoms with van der Waals surface area (Å²) < 4.78 is 17.7. The van der Waals surface area contributed by atoms with Gasteiger partial charge in [-0.05, 0) is 311 Å². The maximum atomic E-state index is 12.6. The zero-order valence-electron chi connectivity index (χ0n) is 64.2. The molecule has 12 heteroatoms. The van der Waals surface area contributed by atoms with Crippen LogP contribution in [0, 0.1) is 41.4 Å². The van der Waals surface area contributed by atoms with Gasteiger partial charge in [-0.3, -0.25) is 0 Å². The molecule has 0 aromatic heterocycles. The minimum Gasteiger partial charge on any atom is -0.391 e. The first-order valence-electron chi connectivity index (χ1n) is 38.7. The quantitative estimate of drug-likeness (QED) is 0.130. The van der Waals surface area contributed by atoms with E-state index in [0.717, 1.165) is 79.6 Å². The molecule has 11 nitrogen and oxygen atoms in total. The molecule has 0 amide bonds. The molecule has 3 atom stereocenters. The number of nitrogens with zero attached hydrogens (tertiary/aromatic N) is 8. The summed E-state index contributed by atoms with van der Waals surface area (Å²) in [6, 6.07) is 2.33. The summed E-state index contributed by atoms with van der Waals surface area (Å²) in [6.07, 6.45) is 25.1. The summed E-state index contributed by atoms with van der Waals surface area (Å²) in [5.74, 6) is 5.93. The number of aliphatic hydroxyl groups excluding tert-OH is 1. The van der Waals surface area contributed by atoms with E-state index in [1.54, 1.807) is 0 Å². The third-order valence-electron chi connectivity index (χ3n) is 18.5. The van der Waals surface area contributed by atoms with E-state index in [0.29, 0.717) is 19.1 Å². The summed E-state index contributed by atoms with van der Waals surface area (Å²) >= 11 is 0. The van der Waals surface area contributed by atoms with Gasteiger partial charge in [0.05, 0.1) is 18.8 Å². The molecule has 2 N–H and O–H groups in total. The average Bonchev–Trinajstić information content (AvgIpc) is 4.48. The Morgan fingerprint density at radius 2 is 0.742 bits per heavy atom. The van der Waals surface area contributed by atoms with E-state index in [1.807, 2.05) is 20.8 Å². The molecular weight excluding hydrogens is 1100 g/mol. The van der Waals surface area contributed by atoms with E-state index < -0.39 is 6.17 Å². The fraction of sp³-hybridized carbons (Fsp3) is 1.00. The van der Waals surface area contributed by atoms with E-state index in [-0.39, 0.29) is 12.2 Å². The fourth-order valence-electron chi connectivity index (χ4n) is 12.5. The number of rotatable bonds is 19. The molecule has 3 unspecified atom stereocenters. The Morgan fingerprint density at radius 1 is 0.404 bits per heavy atom. The molecule has 0 saturated carbocycles. The van der Waals surface area contributed by atoms with Crippen molar-refractivity contribution in [2.75, 3.05) is 157 Å². The Morgan fingerprint density at radius 3 is 0.989 bits per heavy atom. The van der Waals surface area contributed by atoms with E-state index in [9.17, 15) is 4.39 Å². The van der Waals surface area contributed by atoms with Crippen LogP contribution in [-0.2, 0) is 4.74 Å². The van der Waals surface area contributed by atoms with Crippen LogP contribution in [-0.4, -0.2) is 238 Å². The second-order valence-corrected chi connectivity index (χ2v) is 31.8. The molecular formula is C77H164FN9O2. The van der Waals surface area contributed by atoms with Crippen molar-refractivity contribution in [3.05, 3.63) is 0 Å². The highest BCUT2D eigenvalue weighted by atomic mass is 19.1. The van der Waals surface area contributed by atoms with Gasteiger partial charge in [-0.15, -0.1) is 0 Å².